The Hall–Kier alpha value is -2.07. The molecule has 0 N–H and O–H groups in total. The van der Waals surface area contributed by atoms with Crippen molar-refractivity contribution in [2.45, 2.75) is 113 Å². The molecular formula is C34H49ClO4. The second-order valence-corrected chi connectivity index (χ2v) is 14.1. The molecule has 4 nitrogen and oxygen atoms in total. The van der Waals surface area contributed by atoms with Crippen molar-refractivity contribution in [3.8, 4) is 0 Å². The van der Waals surface area contributed by atoms with Gasteiger partial charge in [-0.05, 0) is 93.4 Å². The number of ketones is 4. The molecule has 2 aliphatic carbocycles. The monoisotopic (exact) mass is 556 g/mol. The maximum Gasteiger partial charge on any atom is 0.183 e. The van der Waals surface area contributed by atoms with Crippen molar-refractivity contribution >= 4 is 34.7 Å². The SMILES string of the molecule is CC(C)=CC[C@H]1C[C@@]2(CC=C(C)C)C(=O)C(Cl)(CC=C(C)C)C(=O)[C@](C(=O)C(C)C)(C2=O)[C@]1(C)CC=C(C)C. The van der Waals surface area contributed by atoms with Gasteiger partial charge in [0.15, 0.2) is 33.4 Å². The van der Waals surface area contributed by atoms with Crippen LogP contribution in [-0.2, 0) is 19.2 Å². The molecule has 2 fully saturated rings. The highest BCUT2D eigenvalue weighted by atomic mass is 35.5. The third-order valence-corrected chi connectivity index (χ3v) is 9.41. The summed E-state index contributed by atoms with van der Waals surface area (Å²) in [5, 5.41) is 0. The Morgan fingerprint density at radius 2 is 1.23 bits per heavy atom. The smallest absolute Gasteiger partial charge is 0.183 e. The molecule has 0 heterocycles. The number of fused-ring (bicyclic) bond motifs is 2. The zero-order valence-corrected chi connectivity index (χ0v) is 26.8. The maximum atomic E-state index is 15.0. The first-order valence-corrected chi connectivity index (χ1v) is 14.6. The average Bonchev–Trinajstić information content (AvgIpc) is 2.83. The van der Waals surface area contributed by atoms with Crippen LogP contribution in [0.1, 0.15) is 108 Å². The first-order valence-electron chi connectivity index (χ1n) is 14.3. The molecule has 5 heteroatoms. The summed E-state index contributed by atoms with van der Waals surface area (Å²) in [4.78, 5) is 57.0. The molecular weight excluding hydrogens is 508 g/mol. The molecule has 2 bridgehead atoms. The van der Waals surface area contributed by atoms with Crippen LogP contribution in [0.2, 0.25) is 0 Å². The van der Waals surface area contributed by atoms with Gasteiger partial charge in [0, 0.05) is 11.3 Å². The Morgan fingerprint density at radius 3 is 1.69 bits per heavy atom. The van der Waals surface area contributed by atoms with Gasteiger partial charge in [-0.1, -0.05) is 67.4 Å². The summed E-state index contributed by atoms with van der Waals surface area (Å²) in [6.45, 7) is 21.0. The van der Waals surface area contributed by atoms with E-state index in [0.29, 0.717) is 12.8 Å². The molecule has 1 unspecified atom stereocenters. The van der Waals surface area contributed by atoms with Crippen molar-refractivity contribution in [2.24, 2.45) is 28.1 Å². The standard InChI is InChI=1S/C34H49ClO4/c1-21(2)12-13-26-20-32(18-15-23(5)6)28(37)33(35,19-16-24(7)8)30(39)34(29(32)38,27(36)25(9)10)31(26,11)17-14-22(3)4/h12,14-16,25-26H,13,17-20H2,1-11H3/t26-,31+,32-,33?,34-/m0/s1. The molecule has 0 aromatic heterocycles. The summed E-state index contributed by atoms with van der Waals surface area (Å²) >= 11 is 7.20. The lowest BCUT2D eigenvalue weighted by Gasteiger charge is -2.63. The Labute approximate surface area is 241 Å². The number of hydrogen-bond donors (Lipinski definition) is 0. The van der Waals surface area contributed by atoms with Crippen LogP contribution < -0.4 is 0 Å². The van der Waals surface area contributed by atoms with E-state index < -0.39 is 50.2 Å². The van der Waals surface area contributed by atoms with Crippen LogP contribution in [0, 0.1) is 28.1 Å². The maximum absolute atomic E-state index is 15.0. The van der Waals surface area contributed by atoms with E-state index in [1.807, 2.05) is 74.5 Å². The van der Waals surface area contributed by atoms with Crippen LogP contribution in [0.15, 0.2) is 46.6 Å². The lowest BCUT2D eigenvalue weighted by molar-refractivity contribution is -0.188. The fourth-order valence-electron chi connectivity index (χ4n) is 6.57. The molecule has 0 aliphatic heterocycles. The minimum Gasteiger partial charge on any atom is -0.298 e. The fraction of sp³-hybridized carbons (Fsp3) is 0.647. The van der Waals surface area contributed by atoms with E-state index in [2.05, 4.69) is 6.08 Å². The Kier molecular flexibility index (Phi) is 10.0. The molecule has 0 radical (unpaired) electrons. The lowest BCUT2D eigenvalue weighted by Crippen LogP contribution is -2.78. The van der Waals surface area contributed by atoms with Crippen LogP contribution in [0.3, 0.4) is 0 Å². The molecule has 0 amide bonds. The molecule has 2 rings (SSSR count). The van der Waals surface area contributed by atoms with Crippen LogP contribution in [-0.4, -0.2) is 28.0 Å². The molecule has 0 saturated heterocycles. The van der Waals surface area contributed by atoms with E-state index in [1.54, 1.807) is 19.9 Å². The van der Waals surface area contributed by atoms with Crippen molar-refractivity contribution in [3.63, 3.8) is 0 Å². The zero-order valence-electron chi connectivity index (χ0n) is 26.0. The number of halogens is 1. The molecule has 39 heavy (non-hydrogen) atoms. The van der Waals surface area contributed by atoms with Gasteiger partial charge in [-0.3, -0.25) is 19.2 Å². The molecule has 2 saturated carbocycles. The minimum absolute atomic E-state index is 0.0388. The van der Waals surface area contributed by atoms with Gasteiger partial charge in [0.25, 0.3) is 0 Å². The number of rotatable bonds is 10. The van der Waals surface area contributed by atoms with Gasteiger partial charge in [-0.15, -0.1) is 11.6 Å². The summed E-state index contributed by atoms with van der Waals surface area (Å²) in [6, 6.07) is 0. The van der Waals surface area contributed by atoms with Gasteiger partial charge in [0.1, 0.15) is 0 Å². The van der Waals surface area contributed by atoms with Gasteiger partial charge in [-0.2, -0.15) is 0 Å². The van der Waals surface area contributed by atoms with Crippen molar-refractivity contribution < 1.29 is 19.2 Å². The second kappa shape index (κ2) is 11.8. The van der Waals surface area contributed by atoms with Gasteiger partial charge in [-0.25, -0.2) is 0 Å². The Bertz CT molecular complexity index is 1140. The highest BCUT2D eigenvalue weighted by molar-refractivity contribution is 6.56. The van der Waals surface area contributed by atoms with Crippen LogP contribution in [0.4, 0.5) is 0 Å². The highest BCUT2D eigenvalue weighted by Gasteiger charge is 2.81. The van der Waals surface area contributed by atoms with E-state index in [1.165, 1.54) is 0 Å². The molecule has 0 aromatic carbocycles. The normalized spacial score (nSPS) is 32.0. The summed E-state index contributed by atoms with van der Waals surface area (Å²) in [6.07, 6.45) is 9.10. The Balaban J connectivity index is 3.16. The van der Waals surface area contributed by atoms with Crippen molar-refractivity contribution in [2.75, 3.05) is 0 Å². The third-order valence-electron chi connectivity index (χ3n) is 8.91. The molecule has 5 atom stereocenters. The van der Waals surface area contributed by atoms with Gasteiger partial charge < -0.3 is 0 Å². The van der Waals surface area contributed by atoms with Crippen molar-refractivity contribution in [3.05, 3.63) is 46.6 Å². The predicted octanol–water partition coefficient (Wildman–Crippen LogP) is 8.33. The third kappa shape index (κ3) is 5.47. The summed E-state index contributed by atoms with van der Waals surface area (Å²) < 4.78 is 0. The lowest BCUT2D eigenvalue weighted by atomic mass is 9.36. The van der Waals surface area contributed by atoms with Crippen molar-refractivity contribution in [1.82, 2.24) is 0 Å². The van der Waals surface area contributed by atoms with Crippen LogP contribution in [0.5, 0.6) is 0 Å². The fourth-order valence-corrected chi connectivity index (χ4v) is 6.97. The highest BCUT2D eigenvalue weighted by Crippen LogP contribution is 2.68. The topological polar surface area (TPSA) is 68.3 Å². The van der Waals surface area contributed by atoms with E-state index in [0.717, 1.165) is 22.3 Å². The average molecular weight is 557 g/mol. The van der Waals surface area contributed by atoms with Crippen molar-refractivity contribution in [1.29, 1.82) is 0 Å². The summed E-state index contributed by atoms with van der Waals surface area (Å²) in [5.74, 6) is -3.06. The number of hydrogen-bond acceptors (Lipinski definition) is 4. The van der Waals surface area contributed by atoms with E-state index in [-0.39, 0.29) is 25.2 Å². The largest absolute Gasteiger partial charge is 0.298 e. The number of carbonyl (C=O) groups is 4. The second-order valence-electron chi connectivity index (χ2n) is 13.4. The van der Waals surface area contributed by atoms with Gasteiger partial charge in [0.2, 0.25) is 0 Å². The summed E-state index contributed by atoms with van der Waals surface area (Å²) in [7, 11) is 0. The number of alkyl halides is 1. The Morgan fingerprint density at radius 1 is 0.769 bits per heavy atom. The van der Waals surface area contributed by atoms with Crippen LogP contribution >= 0.6 is 11.6 Å². The van der Waals surface area contributed by atoms with Gasteiger partial charge >= 0.3 is 0 Å². The van der Waals surface area contributed by atoms with E-state index in [9.17, 15) is 19.2 Å². The number of allylic oxidation sites excluding steroid dienone is 8. The molecule has 0 aromatic rings. The number of carbonyl (C=O) groups excluding carboxylic acids is 4. The quantitative estimate of drug-likeness (QED) is 0.154. The van der Waals surface area contributed by atoms with E-state index >= 15 is 0 Å². The first kappa shape index (κ1) is 33.1. The molecule has 216 valence electrons. The molecule has 2 aliphatic rings. The van der Waals surface area contributed by atoms with Crippen LogP contribution in [0.25, 0.3) is 0 Å². The number of Topliss-reactive ketones (excluding diaryl/α,β-unsaturated/α-hetero) is 4. The first-order chi connectivity index (χ1) is 17.8. The minimum atomic E-state index is -2.02. The summed E-state index contributed by atoms with van der Waals surface area (Å²) in [5.41, 5.74) is -0.591. The zero-order chi connectivity index (χ0) is 30.1. The van der Waals surface area contributed by atoms with E-state index in [4.69, 9.17) is 11.6 Å². The predicted molar refractivity (Wildman–Crippen MR) is 161 cm³/mol. The van der Waals surface area contributed by atoms with Gasteiger partial charge in [0.05, 0.1) is 5.41 Å². The molecule has 0 spiro atoms.